The van der Waals surface area contributed by atoms with Crippen molar-refractivity contribution in [3.8, 4) is 17.2 Å². The molecule has 0 aliphatic carbocycles. The van der Waals surface area contributed by atoms with Gasteiger partial charge in [-0.15, -0.1) is 11.3 Å². The number of rotatable bonds is 6. The average Bonchev–Trinajstić information content (AvgIpc) is 3.54. The molecule has 0 spiro atoms. The van der Waals surface area contributed by atoms with E-state index >= 15 is 0 Å². The molecule has 0 radical (unpaired) electrons. The summed E-state index contributed by atoms with van der Waals surface area (Å²) >= 11 is 1.82. The van der Waals surface area contributed by atoms with Gasteiger partial charge in [0.2, 0.25) is 0 Å². The Morgan fingerprint density at radius 2 is 1.82 bits per heavy atom. The number of thiophene rings is 1. The van der Waals surface area contributed by atoms with E-state index in [1.165, 1.54) is 16.0 Å². The highest BCUT2D eigenvalue weighted by Gasteiger charge is 2.31. The maximum Gasteiger partial charge on any atom is 0.253 e. The van der Waals surface area contributed by atoms with Crippen LogP contribution < -0.4 is 4.90 Å². The van der Waals surface area contributed by atoms with Gasteiger partial charge in [-0.25, -0.2) is 9.67 Å². The van der Waals surface area contributed by atoms with Crippen LogP contribution in [0, 0.1) is 19.8 Å². The maximum absolute atomic E-state index is 10.5. The van der Waals surface area contributed by atoms with Gasteiger partial charge in [0.1, 0.15) is 0 Å². The molecular formula is C30H38N6O2S. The Hall–Kier alpha value is -2.85. The van der Waals surface area contributed by atoms with Crippen molar-refractivity contribution in [2.24, 2.45) is 5.92 Å². The first kappa shape index (κ1) is 26.4. The summed E-state index contributed by atoms with van der Waals surface area (Å²) in [7, 11) is 0. The van der Waals surface area contributed by atoms with Crippen LogP contribution in [0.15, 0.2) is 36.5 Å². The van der Waals surface area contributed by atoms with Crippen molar-refractivity contribution in [2.45, 2.75) is 52.7 Å². The first-order valence-electron chi connectivity index (χ1n) is 14.0. The van der Waals surface area contributed by atoms with Crippen LogP contribution in [0.2, 0.25) is 0 Å². The van der Waals surface area contributed by atoms with Crippen molar-refractivity contribution >= 4 is 27.4 Å². The number of aryl methyl sites for hydroxylation is 2. The van der Waals surface area contributed by atoms with Gasteiger partial charge in [0.05, 0.1) is 34.7 Å². The van der Waals surface area contributed by atoms with E-state index in [2.05, 4.69) is 47.9 Å². The predicted octanol–water partition coefficient (Wildman–Crippen LogP) is 4.98. The molecule has 5 heterocycles. The number of likely N-dealkylation sites (tertiary alicyclic amines) is 1. The van der Waals surface area contributed by atoms with E-state index in [1.807, 2.05) is 37.4 Å². The van der Waals surface area contributed by atoms with Gasteiger partial charge in [0.15, 0.2) is 5.82 Å². The van der Waals surface area contributed by atoms with Crippen molar-refractivity contribution in [1.29, 1.82) is 0 Å². The van der Waals surface area contributed by atoms with Gasteiger partial charge in [-0.3, -0.25) is 4.90 Å². The van der Waals surface area contributed by atoms with Crippen molar-refractivity contribution in [3.63, 3.8) is 0 Å². The molecule has 2 saturated heterocycles. The van der Waals surface area contributed by atoms with E-state index in [0.717, 1.165) is 72.9 Å². The number of aromatic nitrogens is 4. The Labute approximate surface area is 234 Å². The molecule has 2 aliphatic heterocycles. The standard InChI is InChI=1S/C30H38N6O2S/c1-20-6-5-7-22(18-20)24-10-13-36(33-24)29-31-26-21(2)25(19-34-11-8-23(9-12-34)30(3,4)37)39-27(26)28(32-29)35-14-16-38-17-15-35/h5-7,10,13,18,23,37H,8-9,11-12,14-17,19H2,1-4H3. The number of ether oxygens (including phenoxy) is 1. The Balaban J connectivity index is 1.34. The smallest absolute Gasteiger partial charge is 0.253 e. The quantitative estimate of drug-likeness (QED) is 0.365. The molecule has 4 aromatic rings. The van der Waals surface area contributed by atoms with Gasteiger partial charge >= 0.3 is 0 Å². The minimum Gasteiger partial charge on any atom is -0.390 e. The van der Waals surface area contributed by atoms with Crippen LogP contribution in [0.25, 0.3) is 27.4 Å². The fraction of sp³-hybridized carbons (Fsp3) is 0.500. The van der Waals surface area contributed by atoms with Crippen LogP contribution in [0.5, 0.6) is 0 Å². The van der Waals surface area contributed by atoms with Crippen LogP contribution in [0.1, 0.15) is 42.7 Å². The molecule has 39 heavy (non-hydrogen) atoms. The summed E-state index contributed by atoms with van der Waals surface area (Å²) in [6.45, 7) is 14.1. The summed E-state index contributed by atoms with van der Waals surface area (Å²) in [5.41, 5.74) is 4.84. The number of hydrogen-bond donors (Lipinski definition) is 1. The average molecular weight is 547 g/mol. The third-order valence-corrected chi connectivity index (χ3v) is 9.47. The van der Waals surface area contributed by atoms with Crippen LogP contribution in [0.4, 0.5) is 5.82 Å². The molecular weight excluding hydrogens is 508 g/mol. The van der Waals surface area contributed by atoms with Crippen LogP contribution >= 0.6 is 11.3 Å². The third-order valence-electron chi connectivity index (χ3n) is 8.21. The van der Waals surface area contributed by atoms with Crippen LogP contribution in [-0.4, -0.2) is 74.7 Å². The fourth-order valence-corrected chi connectivity index (χ4v) is 7.05. The molecule has 9 heteroatoms. The van der Waals surface area contributed by atoms with E-state index in [-0.39, 0.29) is 0 Å². The Bertz CT molecular complexity index is 1460. The predicted molar refractivity (Wildman–Crippen MR) is 157 cm³/mol. The first-order chi connectivity index (χ1) is 18.8. The molecule has 206 valence electrons. The lowest BCUT2D eigenvalue weighted by molar-refractivity contribution is -0.0135. The largest absolute Gasteiger partial charge is 0.390 e. The topological polar surface area (TPSA) is 79.5 Å². The number of hydrogen-bond acceptors (Lipinski definition) is 8. The minimum atomic E-state index is -0.607. The highest BCUT2D eigenvalue weighted by atomic mass is 32.1. The Kier molecular flexibility index (Phi) is 7.18. The Morgan fingerprint density at radius 3 is 2.54 bits per heavy atom. The van der Waals surface area contributed by atoms with Gasteiger partial charge in [0.25, 0.3) is 5.95 Å². The summed E-state index contributed by atoms with van der Waals surface area (Å²) < 4.78 is 8.60. The number of aliphatic hydroxyl groups is 1. The minimum absolute atomic E-state index is 0.359. The zero-order valence-electron chi connectivity index (χ0n) is 23.4. The molecule has 6 rings (SSSR count). The zero-order chi connectivity index (χ0) is 27.1. The summed E-state index contributed by atoms with van der Waals surface area (Å²) in [5.74, 6) is 1.93. The molecule has 2 fully saturated rings. The monoisotopic (exact) mass is 546 g/mol. The molecule has 3 aromatic heterocycles. The second kappa shape index (κ2) is 10.6. The van der Waals surface area contributed by atoms with Gasteiger partial charge < -0.3 is 14.7 Å². The lowest BCUT2D eigenvalue weighted by Gasteiger charge is -2.37. The van der Waals surface area contributed by atoms with E-state index < -0.39 is 5.60 Å². The highest BCUT2D eigenvalue weighted by Crippen LogP contribution is 2.38. The van der Waals surface area contributed by atoms with Crippen LogP contribution in [0.3, 0.4) is 0 Å². The van der Waals surface area contributed by atoms with Gasteiger partial charge in [-0.2, -0.15) is 10.1 Å². The van der Waals surface area contributed by atoms with Crippen molar-refractivity contribution < 1.29 is 9.84 Å². The molecule has 0 bridgehead atoms. The maximum atomic E-state index is 10.5. The summed E-state index contributed by atoms with van der Waals surface area (Å²) in [6, 6.07) is 10.4. The number of fused-ring (bicyclic) bond motifs is 1. The molecule has 0 amide bonds. The molecule has 0 saturated carbocycles. The number of anilines is 1. The zero-order valence-corrected chi connectivity index (χ0v) is 24.2. The molecule has 8 nitrogen and oxygen atoms in total. The first-order valence-corrected chi connectivity index (χ1v) is 14.8. The number of nitrogens with zero attached hydrogens (tertiary/aromatic N) is 6. The molecule has 1 N–H and O–H groups in total. The van der Waals surface area contributed by atoms with Gasteiger partial charge in [-0.05, 0) is 77.2 Å². The second-order valence-corrected chi connectivity index (χ2v) is 12.6. The van der Waals surface area contributed by atoms with Crippen molar-refractivity contribution in [3.05, 3.63) is 52.5 Å². The summed E-state index contributed by atoms with van der Waals surface area (Å²) in [6.07, 6.45) is 4.01. The number of piperidine rings is 1. The second-order valence-electron chi connectivity index (χ2n) is 11.5. The Morgan fingerprint density at radius 1 is 1.05 bits per heavy atom. The van der Waals surface area contributed by atoms with Gasteiger partial charge in [0, 0.05) is 36.3 Å². The van der Waals surface area contributed by atoms with E-state index in [9.17, 15) is 5.11 Å². The summed E-state index contributed by atoms with van der Waals surface area (Å²) in [4.78, 5) is 16.3. The SMILES string of the molecule is Cc1cccc(-c2ccn(-c3nc(N4CCOCC4)c4sc(CN5CCC(C(C)(C)O)CC5)c(C)c4n3)n2)c1. The van der Waals surface area contributed by atoms with Crippen LogP contribution in [-0.2, 0) is 11.3 Å². The molecule has 2 aliphatic rings. The normalized spacial score (nSPS) is 17.8. The van der Waals surface area contributed by atoms with Crippen molar-refractivity contribution in [2.75, 3.05) is 44.3 Å². The molecule has 0 unspecified atom stereocenters. The van der Waals surface area contributed by atoms with E-state index in [4.69, 9.17) is 19.8 Å². The summed E-state index contributed by atoms with van der Waals surface area (Å²) in [5, 5.41) is 15.3. The molecule has 0 atom stereocenters. The third kappa shape index (κ3) is 5.45. The van der Waals surface area contributed by atoms with Gasteiger partial charge in [-0.1, -0.05) is 23.8 Å². The van der Waals surface area contributed by atoms with E-state index in [1.54, 1.807) is 4.68 Å². The fourth-order valence-electron chi connectivity index (χ4n) is 5.74. The lowest BCUT2D eigenvalue weighted by atomic mass is 9.83. The number of benzene rings is 1. The van der Waals surface area contributed by atoms with E-state index in [0.29, 0.717) is 25.1 Å². The lowest BCUT2D eigenvalue weighted by Crippen LogP contribution is -2.41. The highest BCUT2D eigenvalue weighted by molar-refractivity contribution is 7.19. The molecule has 1 aromatic carbocycles. The number of morpholine rings is 1. The van der Waals surface area contributed by atoms with Crippen molar-refractivity contribution in [1.82, 2.24) is 24.6 Å².